The Morgan fingerprint density at radius 3 is 2.28 bits per heavy atom. The number of piperazine rings is 1. The number of rotatable bonds is 3. The van der Waals surface area contributed by atoms with E-state index in [4.69, 9.17) is 4.74 Å². The minimum atomic E-state index is 0.00296. The Hall–Kier alpha value is -2.04. The second-order valence-corrected chi connectivity index (χ2v) is 4.16. The Morgan fingerprint density at radius 1 is 1.17 bits per heavy atom. The number of carbonyl (C=O) groups excluding carboxylic acids is 2. The van der Waals surface area contributed by atoms with E-state index in [2.05, 4.69) is 0 Å². The fraction of sp³-hybridized carbons (Fsp3) is 0.385. The molecule has 0 N–H and O–H groups in total. The lowest BCUT2D eigenvalue weighted by atomic mass is 10.1. The number of ether oxygens (including phenoxy) is 1. The summed E-state index contributed by atoms with van der Waals surface area (Å²) in [5.41, 5.74) is 0.648. The van der Waals surface area contributed by atoms with Gasteiger partial charge in [0.15, 0.2) is 0 Å². The van der Waals surface area contributed by atoms with E-state index < -0.39 is 0 Å². The highest BCUT2D eigenvalue weighted by Gasteiger charge is 2.21. The second-order valence-electron chi connectivity index (χ2n) is 4.16. The maximum atomic E-state index is 12.2. The maximum Gasteiger partial charge on any atom is 0.253 e. The third-order valence-electron chi connectivity index (χ3n) is 3.09. The molecule has 0 unspecified atom stereocenters. The summed E-state index contributed by atoms with van der Waals surface area (Å²) in [6.07, 6.45) is 0.829. The zero-order chi connectivity index (χ0) is 13.0. The third kappa shape index (κ3) is 2.61. The number of hydrogen-bond acceptors (Lipinski definition) is 3. The van der Waals surface area contributed by atoms with E-state index in [0.717, 1.165) is 12.2 Å². The number of methoxy groups -OCH3 is 1. The minimum absolute atomic E-state index is 0.00296. The van der Waals surface area contributed by atoms with E-state index in [0.29, 0.717) is 31.7 Å². The summed E-state index contributed by atoms with van der Waals surface area (Å²) in [5, 5.41) is 0. The summed E-state index contributed by atoms with van der Waals surface area (Å²) < 4.78 is 5.05. The van der Waals surface area contributed by atoms with Crippen LogP contribution in [0.1, 0.15) is 10.4 Å². The van der Waals surface area contributed by atoms with Crippen LogP contribution in [0.5, 0.6) is 5.75 Å². The Bertz CT molecular complexity index is 422. The van der Waals surface area contributed by atoms with Crippen molar-refractivity contribution in [3.8, 4) is 5.75 Å². The highest BCUT2D eigenvalue weighted by Crippen LogP contribution is 2.14. The van der Waals surface area contributed by atoms with E-state index in [1.165, 1.54) is 0 Å². The predicted molar refractivity (Wildman–Crippen MR) is 66.5 cm³/mol. The third-order valence-corrected chi connectivity index (χ3v) is 3.09. The normalized spacial score (nSPS) is 15.4. The topological polar surface area (TPSA) is 49.9 Å². The molecular weight excluding hydrogens is 232 g/mol. The first kappa shape index (κ1) is 12.4. The molecule has 0 spiro atoms. The van der Waals surface area contributed by atoms with Crippen LogP contribution in [0.15, 0.2) is 24.3 Å². The van der Waals surface area contributed by atoms with Gasteiger partial charge in [0.1, 0.15) is 5.75 Å². The number of nitrogens with zero attached hydrogens (tertiary/aromatic N) is 2. The van der Waals surface area contributed by atoms with Gasteiger partial charge in [-0.25, -0.2) is 0 Å². The number of hydrogen-bond donors (Lipinski definition) is 0. The molecule has 2 rings (SSSR count). The van der Waals surface area contributed by atoms with Crippen LogP contribution in [0, 0.1) is 0 Å². The van der Waals surface area contributed by atoms with Crippen LogP contribution in [0.2, 0.25) is 0 Å². The van der Waals surface area contributed by atoms with Gasteiger partial charge in [0.2, 0.25) is 6.41 Å². The number of amides is 2. The monoisotopic (exact) mass is 248 g/mol. The zero-order valence-electron chi connectivity index (χ0n) is 10.3. The quantitative estimate of drug-likeness (QED) is 0.736. The van der Waals surface area contributed by atoms with Gasteiger partial charge in [-0.05, 0) is 24.3 Å². The van der Waals surface area contributed by atoms with Crippen LogP contribution in [0.25, 0.3) is 0 Å². The number of carbonyl (C=O) groups is 2. The van der Waals surface area contributed by atoms with E-state index >= 15 is 0 Å². The van der Waals surface area contributed by atoms with Crippen molar-refractivity contribution in [2.75, 3.05) is 33.3 Å². The standard InChI is InChI=1S/C13H16N2O3/c1-18-12-4-2-11(3-5-12)13(17)15-8-6-14(10-16)7-9-15/h2-5,10H,6-9H2,1H3. The van der Waals surface area contributed by atoms with Crippen LogP contribution in [0.4, 0.5) is 0 Å². The predicted octanol–water partition coefficient (Wildman–Crippen LogP) is 0.609. The Morgan fingerprint density at radius 2 is 1.78 bits per heavy atom. The molecule has 1 aromatic rings. The lowest BCUT2D eigenvalue weighted by Crippen LogP contribution is -2.48. The van der Waals surface area contributed by atoms with Gasteiger partial charge in [-0.2, -0.15) is 0 Å². The smallest absolute Gasteiger partial charge is 0.253 e. The molecule has 96 valence electrons. The Kier molecular flexibility index (Phi) is 3.82. The van der Waals surface area contributed by atoms with Crippen LogP contribution in [-0.4, -0.2) is 55.4 Å². The van der Waals surface area contributed by atoms with Crippen LogP contribution < -0.4 is 4.74 Å². The molecular formula is C13H16N2O3. The summed E-state index contributed by atoms with van der Waals surface area (Å²) in [7, 11) is 1.59. The summed E-state index contributed by atoms with van der Waals surface area (Å²) in [5.74, 6) is 0.737. The van der Waals surface area contributed by atoms with Gasteiger partial charge in [-0.15, -0.1) is 0 Å². The van der Waals surface area contributed by atoms with Crippen molar-refractivity contribution in [1.82, 2.24) is 9.80 Å². The lowest BCUT2D eigenvalue weighted by Gasteiger charge is -2.32. The molecule has 1 aliphatic rings. The Labute approximate surface area is 106 Å². The molecule has 1 aliphatic heterocycles. The van der Waals surface area contributed by atoms with E-state index in [1.807, 2.05) is 0 Å². The molecule has 0 aliphatic carbocycles. The molecule has 0 bridgehead atoms. The minimum Gasteiger partial charge on any atom is -0.497 e. The lowest BCUT2D eigenvalue weighted by molar-refractivity contribution is -0.119. The number of benzene rings is 1. The first-order valence-electron chi connectivity index (χ1n) is 5.87. The van der Waals surface area contributed by atoms with Gasteiger partial charge in [0, 0.05) is 31.7 Å². The van der Waals surface area contributed by atoms with E-state index in [9.17, 15) is 9.59 Å². The van der Waals surface area contributed by atoms with Crippen molar-refractivity contribution in [3.05, 3.63) is 29.8 Å². The Balaban J connectivity index is 2.00. The molecule has 0 saturated carbocycles. The highest BCUT2D eigenvalue weighted by molar-refractivity contribution is 5.94. The molecule has 1 fully saturated rings. The molecule has 1 aromatic carbocycles. The average Bonchev–Trinajstić information content (AvgIpc) is 2.47. The summed E-state index contributed by atoms with van der Waals surface area (Å²) in [6.45, 7) is 2.38. The summed E-state index contributed by atoms with van der Waals surface area (Å²) in [6, 6.07) is 7.06. The molecule has 5 heteroatoms. The molecule has 2 amide bonds. The largest absolute Gasteiger partial charge is 0.497 e. The van der Waals surface area contributed by atoms with Crippen LogP contribution in [-0.2, 0) is 4.79 Å². The van der Waals surface area contributed by atoms with Gasteiger partial charge in [-0.1, -0.05) is 0 Å². The zero-order valence-corrected chi connectivity index (χ0v) is 10.3. The fourth-order valence-corrected chi connectivity index (χ4v) is 1.95. The van der Waals surface area contributed by atoms with Gasteiger partial charge in [0.05, 0.1) is 7.11 Å². The highest BCUT2D eigenvalue weighted by atomic mass is 16.5. The van der Waals surface area contributed by atoms with Crippen molar-refractivity contribution in [2.24, 2.45) is 0 Å². The molecule has 1 saturated heterocycles. The molecule has 1 heterocycles. The fourth-order valence-electron chi connectivity index (χ4n) is 1.95. The molecule has 18 heavy (non-hydrogen) atoms. The van der Waals surface area contributed by atoms with Gasteiger partial charge < -0.3 is 14.5 Å². The summed E-state index contributed by atoms with van der Waals surface area (Å²) in [4.78, 5) is 26.2. The van der Waals surface area contributed by atoms with Crippen molar-refractivity contribution in [3.63, 3.8) is 0 Å². The van der Waals surface area contributed by atoms with Gasteiger partial charge >= 0.3 is 0 Å². The molecule has 0 aromatic heterocycles. The summed E-state index contributed by atoms with van der Waals surface area (Å²) >= 11 is 0. The molecule has 5 nitrogen and oxygen atoms in total. The SMILES string of the molecule is COc1ccc(C(=O)N2CCN(C=O)CC2)cc1. The van der Waals surface area contributed by atoms with Crippen molar-refractivity contribution < 1.29 is 14.3 Å². The van der Waals surface area contributed by atoms with Gasteiger partial charge in [-0.3, -0.25) is 9.59 Å². The van der Waals surface area contributed by atoms with E-state index in [-0.39, 0.29) is 5.91 Å². The molecule has 0 radical (unpaired) electrons. The maximum absolute atomic E-state index is 12.2. The van der Waals surface area contributed by atoms with E-state index in [1.54, 1.807) is 41.2 Å². The van der Waals surface area contributed by atoms with Gasteiger partial charge in [0.25, 0.3) is 5.91 Å². The molecule has 0 atom stereocenters. The first-order valence-corrected chi connectivity index (χ1v) is 5.87. The van der Waals surface area contributed by atoms with Crippen molar-refractivity contribution >= 4 is 12.3 Å². The first-order chi connectivity index (χ1) is 8.74. The van der Waals surface area contributed by atoms with Crippen LogP contribution in [0.3, 0.4) is 0 Å². The second kappa shape index (κ2) is 5.53. The average molecular weight is 248 g/mol. The van der Waals surface area contributed by atoms with Crippen LogP contribution >= 0.6 is 0 Å². The van der Waals surface area contributed by atoms with Crippen molar-refractivity contribution in [2.45, 2.75) is 0 Å². The van der Waals surface area contributed by atoms with Crippen molar-refractivity contribution in [1.29, 1.82) is 0 Å².